The molecule has 0 bridgehead atoms. The number of ether oxygens (including phenoxy) is 1. The summed E-state index contributed by atoms with van der Waals surface area (Å²) >= 11 is 0. The first-order valence-corrected chi connectivity index (χ1v) is 8.17. The number of aromatic nitrogens is 2. The fourth-order valence-corrected chi connectivity index (χ4v) is 3.63. The number of rotatable bonds is 3. The van der Waals surface area contributed by atoms with Gasteiger partial charge in [-0.05, 0) is 26.7 Å². The van der Waals surface area contributed by atoms with Gasteiger partial charge in [-0.3, -0.25) is 4.98 Å². The van der Waals surface area contributed by atoms with E-state index in [0.29, 0.717) is 5.88 Å². The Morgan fingerprint density at radius 1 is 1.24 bits per heavy atom. The molecule has 1 saturated heterocycles. The van der Waals surface area contributed by atoms with Crippen molar-refractivity contribution in [1.82, 2.24) is 15.3 Å². The average molecular weight is 290 g/mol. The highest BCUT2D eigenvalue weighted by atomic mass is 16.5. The highest BCUT2D eigenvalue weighted by molar-refractivity contribution is 5.43. The molecule has 0 aromatic carbocycles. The molecule has 1 aromatic heterocycles. The van der Waals surface area contributed by atoms with Gasteiger partial charge in [-0.25, -0.2) is 0 Å². The van der Waals surface area contributed by atoms with E-state index in [0.717, 1.165) is 25.5 Å². The Morgan fingerprint density at radius 2 is 2.05 bits per heavy atom. The van der Waals surface area contributed by atoms with E-state index in [1.807, 2.05) is 20.0 Å². The number of nitrogens with one attached hydrogen (secondary N) is 1. The molecule has 21 heavy (non-hydrogen) atoms. The van der Waals surface area contributed by atoms with Gasteiger partial charge in [0.05, 0.1) is 24.0 Å². The van der Waals surface area contributed by atoms with E-state index < -0.39 is 0 Å². The van der Waals surface area contributed by atoms with Crippen LogP contribution in [0.1, 0.15) is 46.0 Å². The van der Waals surface area contributed by atoms with Crippen molar-refractivity contribution in [2.24, 2.45) is 0 Å². The fraction of sp³-hybridized carbons (Fsp3) is 0.750. The van der Waals surface area contributed by atoms with Crippen LogP contribution in [0.3, 0.4) is 0 Å². The first kappa shape index (κ1) is 14.6. The second-order valence-corrected chi connectivity index (χ2v) is 6.50. The summed E-state index contributed by atoms with van der Waals surface area (Å²) in [4.78, 5) is 11.5. The number of piperazine rings is 1. The van der Waals surface area contributed by atoms with E-state index in [1.54, 1.807) is 6.20 Å². The Bertz CT molecular complexity index is 463. The third kappa shape index (κ3) is 3.12. The SMILES string of the molecule is CC(C)Oc1cncc(N2CCNCC23CCCCC3)n1. The molecule has 0 radical (unpaired) electrons. The first-order valence-electron chi connectivity index (χ1n) is 8.17. The minimum Gasteiger partial charge on any atom is -0.474 e. The Kier molecular flexibility index (Phi) is 4.29. The first-order chi connectivity index (χ1) is 10.2. The largest absolute Gasteiger partial charge is 0.474 e. The summed E-state index contributed by atoms with van der Waals surface area (Å²) in [5, 5.41) is 3.57. The Balaban J connectivity index is 1.86. The van der Waals surface area contributed by atoms with Gasteiger partial charge >= 0.3 is 0 Å². The number of hydrogen-bond acceptors (Lipinski definition) is 5. The van der Waals surface area contributed by atoms with Crippen LogP contribution in [0.2, 0.25) is 0 Å². The minimum atomic E-state index is 0.126. The molecule has 1 aliphatic heterocycles. The van der Waals surface area contributed by atoms with E-state index in [1.165, 1.54) is 32.1 Å². The molecule has 1 N–H and O–H groups in total. The van der Waals surface area contributed by atoms with E-state index in [9.17, 15) is 0 Å². The number of hydrogen-bond donors (Lipinski definition) is 1. The number of nitrogens with zero attached hydrogens (tertiary/aromatic N) is 3. The summed E-state index contributed by atoms with van der Waals surface area (Å²) in [6.07, 6.45) is 10.2. The molecule has 0 unspecified atom stereocenters. The molecule has 1 spiro atoms. The van der Waals surface area contributed by atoms with Crippen molar-refractivity contribution in [2.45, 2.75) is 57.6 Å². The maximum absolute atomic E-state index is 5.71. The van der Waals surface area contributed by atoms with E-state index >= 15 is 0 Å². The Labute approximate surface area is 127 Å². The summed E-state index contributed by atoms with van der Waals surface area (Å²) in [5.74, 6) is 1.60. The molecule has 2 aliphatic rings. The lowest BCUT2D eigenvalue weighted by Gasteiger charge is -2.50. The topological polar surface area (TPSA) is 50.3 Å². The molecule has 1 saturated carbocycles. The molecule has 3 rings (SSSR count). The van der Waals surface area contributed by atoms with Crippen LogP contribution >= 0.6 is 0 Å². The van der Waals surface area contributed by atoms with Gasteiger partial charge in [0.1, 0.15) is 0 Å². The summed E-state index contributed by atoms with van der Waals surface area (Å²) in [5.41, 5.74) is 0.224. The molecule has 2 fully saturated rings. The fourth-order valence-electron chi connectivity index (χ4n) is 3.63. The zero-order valence-corrected chi connectivity index (χ0v) is 13.1. The van der Waals surface area contributed by atoms with Crippen molar-refractivity contribution in [3.05, 3.63) is 12.4 Å². The average Bonchev–Trinajstić information content (AvgIpc) is 2.48. The number of anilines is 1. The molecule has 5 nitrogen and oxygen atoms in total. The zero-order valence-electron chi connectivity index (χ0n) is 13.1. The van der Waals surface area contributed by atoms with E-state index in [2.05, 4.69) is 15.2 Å². The minimum absolute atomic E-state index is 0.126. The maximum Gasteiger partial charge on any atom is 0.234 e. The van der Waals surface area contributed by atoms with E-state index in [-0.39, 0.29) is 11.6 Å². The van der Waals surface area contributed by atoms with Crippen molar-refractivity contribution in [3.8, 4) is 5.88 Å². The van der Waals surface area contributed by atoms with Crippen LogP contribution in [-0.2, 0) is 0 Å². The molecular weight excluding hydrogens is 264 g/mol. The third-order valence-corrected chi connectivity index (χ3v) is 4.56. The highest BCUT2D eigenvalue weighted by Crippen LogP contribution is 2.37. The van der Waals surface area contributed by atoms with Crippen LogP contribution in [0.4, 0.5) is 5.82 Å². The molecule has 1 aliphatic carbocycles. The normalized spacial score (nSPS) is 21.8. The lowest BCUT2D eigenvalue weighted by atomic mass is 9.79. The molecule has 5 heteroatoms. The van der Waals surface area contributed by atoms with Gasteiger partial charge in [-0.15, -0.1) is 0 Å². The van der Waals surface area contributed by atoms with Crippen molar-refractivity contribution < 1.29 is 4.74 Å². The summed E-state index contributed by atoms with van der Waals surface area (Å²) < 4.78 is 5.71. The van der Waals surface area contributed by atoms with Crippen LogP contribution in [-0.4, -0.2) is 41.2 Å². The van der Waals surface area contributed by atoms with Gasteiger partial charge in [0.15, 0.2) is 5.82 Å². The predicted octanol–water partition coefficient (Wildman–Crippen LogP) is 2.38. The molecule has 1 aromatic rings. The van der Waals surface area contributed by atoms with Gasteiger partial charge in [0.2, 0.25) is 5.88 Å². The van der Waals surface area contributed by atoms with Crippen molar-refractivity contribution >= 4 is 5.82 Å². The lowest BCUT2D eigenvalue weighted by molar-refractivity contribution is 0.226. The van der Waals surface area contributed by atoms with Crippen molar-refractivity contribution in [3.63, 3.8) is 0 Å². The summed E-state index contributed by atoms with van der Waals surface area (Å²) in [6.45, 7) is 7.10. The van der Waals surface area contributed by atoms with Crippen LogP contribution < -0.4 is 15.0 Å². The van der Waals surface area contributed by atoms with Gasteiger partial charge < -0.3 is 15.0 Å². The molecule has 2 heterocycles. The molecule has 0 atom stereocenters. The van der Waals surface area contributed by atoms with Crippen LogP contribution in [0.25, 0.3) is 0 Å². The smallest absolute Gasteiger partial charge is 0.234 e. The molecule has 0 amide bonds. The maximum atomic E-state index is 5.71. The second kappa shape index (κ2) is 6.18. The Morgan fingerprint density at radius 3 is 2.81 bits per heavy atom. The van der Waals surface area contributed by atoms with Gasteiger partial charge in [-0.1, -0.05) is 19.3 Å². The quantitative estimate of drug-likeness (QED) is 0.926. The van der Waals surface area contributed by atoms with Crippen molar-refractivity contribution in [1.29, 1.82) is 0 Å². The van der Waals surface area contributed by atoms with Crippen molar-refractivity contribution in [2.75, 3.05) is 24.5 Å². The van der Waals surface area contributed by atoms with Gasteiger partial charge in [0.25, 0.3) is 0 Å². The highest BCUT2D eigenvalue weighted by Gasteiger charge is 2.40. The molecular formula is C16H26N4O. The summed E-state index contributed by atoms with van der Waals surface area (Å²) in [7, 11) is 0. The third-order valence-electron chi connectivity index (χ3n) is 4.56. The summed E-state index contributed by atoms with van der Waals surface area (Å²) in [6, 6.07) is 0. The monoisotopic (exact) mass is 290 g/mol. The second-order valence-electron chi connectivity index (χ2n) is 6.50. The Hall–Kier alpha value is -1.36. The van der Waals surface area contributed by atoms with Crippen LogP contribution in [0.5, 0.6) is 5.88 Å². The van der Waals surface area contributed by atoms with Crippen LogP contribution in [0, 0.1) is 0 Å². The standard InChI is InChI=1S/C16H26N4O/c1-13(2)21-15-11-18-10-14(19-15)20-9-8-17-12-16(20)6-4-3-5-7-16/h10-11,13,17H,3-9,12H2,1-2H3. The lowest BCUT2D eigenvalue weighted by Crippen LogP contribution is -2.62. The van der Waals surface area contributed by atoms with Gasteiger partial charge in [-0.2, -0.15) is 4.98 Å². The van der Waals surface area contributed by atoms with E-state index in [4.69, 9.17) is 9.72 Å². The predicted molar refractivity (Wildman–Crippen MR) is 83.8 cm³/mol. The zero-order chi connectivity index (χ0) is 14.7. The van der Waals surface area contributed by atoms with Crippen LogP contribution in [0.15, 0.2) is 12.4 Å². The van der Waals surface area contributed by atoms with Gasteiger partial charge in [0, 0.05) is 19.6 Å². The molecule has 116 valence electrons.